The second-order valence-electron chi connectivity index (χ2n) is 6.28. The predicted molar refractivity (Wildman–Crippen MR) is 99.7 cm³/mol. The average molecular weight is 376 g/mol. The lowest BCUT2D eigenvalue weighted by Gasteiger charge is -2.18. The van der Waals surface area contributed by atoms with Gasteiger partial charge < -0.3 is 10.1 Å². The summed E-state index contributed by atoms with van der Waals surface area (Å²) in [6.45, 7) is 2.23. The molecule has 4 nitrogen and oxygen atoms in total. The fourth-order valence-corrected chi connectivity index (χ4v) is 5.57. The maximum atomic E-state index is 13.9. The van der Waals surface area contributed by atoms with Crippen LogP contribution in [0.2, 0.25) is 0 Å². The number of nitrogens with one attached hydrogen (secondary N) is 1. The molecule has 2 aromatic heterocycles. The van der Waals surface area contributed by atoms with E-state index in [1.807, 2.05) is 6.07 Å². The monoisotopic (exact) mass is 376 g/mol. The van der Waals surface area contributed by atoms with Crippen molar-refractivity contribution in [2.24, 2.45) is 5.92 Å². The van der Waals surface area contributed by atoms with E-state index in [9.17, 15) is 9.18 Å². The van der Waals surface area contributed by atoms with Crippen LogP contribution in [-0.2, 0) is 17.6 Å². The van der Waals surface area contributed by atoms with Crippen LogP contribution in [0.1, 0.15) is 34.1 Å². The van der Waals surface area contributed by atoms with Gasteiger partial charge in [-0.2, -0.15) is 0 Å². The van der Waals surface area contributed by atoms with Crippen molar-refractivity contribution in [3.05, 3.63) is 40.0 Å². The van der Waals surface area contributed by atoms with Gasteiger partial charge in [-0.25, -0.2) is 14.2 Å². The number of para-hydroxylation sites is 1. The minimum Gasteiger partial charge on any atom is -0.465 e. The van der Waals surface area contributed by atoms with Gasteiger partial charge in [-0.15, -0.1) is 11.3 Å². The van der Waals surface area contributed by atoms with E-state index in [0.29, 0.717) is 22.1 Å². The van der Waals surface area contributed by atoms with E-state index in [-0.39, 0.29) is 11.8 Å². The number of benzene rings is 1. The summed E-state index contributed by atoms with van der Waals surface area (Å²) in [4.78, 5) is 17.9. The van der Waals surface area contributed by atoms with Crippen molar-refractivity contribution in [3.8, 4) is 0 Å². The maximum Gasteiger partial charge on any atom is 0.341 e. The molecule has 1 aliphatic rings. The number of rotatable bonds is 3. The van der Waals surface area contributed by atoms with E-state index in [1.165, 1.54) is 29.4 Å². The Morgan fingerprint density at radius 2 is 2.24 bits per heavy atom. The normalized spacial score (nSPS) is 16.7. The van der Waals surface area contributed by atoms with Crippen molar-refractivity contribution < 1.29 is 13.9 Å². The summed E-state index contributed by atoms with van der Waals surface area (Å²) in [5.74, 6) is -0.0582. The highest BCUT2D eigenvalue weighted by Gasteiger charge is 2.28. The number of ether oxygens (including phenoxy) is 1. The van der Waals surface area contributed by atoms with Gasteiger partial charge >= 0.3 is 5.97 Å². The van der Waals surface area contributed by atoms with Crippen molar-refractivity contribution in [2.75, 3.05) is 12.4 Å². The lowest BCUT2D eigenvalue weighted by molar-refractivity contribution is 0.0601. The Bertz CT molecular complexity index is 964. The van der Waals surface area contributed by atoms with Crippen molar-refractivity contribution in [1.82, 2.24) is 4.98 Å². The molecule has 130 valence electrons. The van der Waals surface area contributed by atoms with Crippen molar-refractivity contribution in [1.29, 1.82) is 0 Å². The highest BCUT2D eigenvalue weighted by Crippen LogP contribution is 2.42. The van der Waals surface area contributed by atoms with Crippen LogP contribution >= 0.6 is 22.7 Å². The van der Waals surface area contributed by atoms with Gasteiger partial charge in [0.05, 0.1) is 17.4 Å². The molecule has 3 aromatic rings. The molecule has 1 aliphatic carbocycles. The molecule has 25 heavy (non-hydrogen) atoms. The fourth-order valence-electron chi connectivity index (χ4n) is 3.22. The number of nitrogens with zero attached hydrogens (tertiary/aromatic N) is 1. The van der Waals surface area contributed by atoms with Gasteiger partial charge in [0.15, 0.2) is 5.13 Å². The molecule has 0 aliphatic heterocycles. The predicted octanol–water partition coefficient (Wildman–Crippen LogP) is 5.15. The number of anilines is 2. The van der Waals surface area contributed by atoms with Crippen LogP contribution in [0.5, 0.6) is 0 Å². The molecule has 0 radical (unpaired) electrons. The summed E-state index contributed by atoms with van der Waals surface area (Å²) in [7, 11) is 1.40. The van der Waals surface area contributed by atoms with E-state index < -0.39 is 0 Å². The molecule has 0 saturated carbocycles. The first-order valence-electron chi connectivity index (χ1n) is 8.11. The number of thiophene rings is 1. The zero-order chi connectivity index (χ0) is 17.6. The molecular formula is C18H17FN2O2S2. The van der Waals surface area contributed by atoms with Crippen LogP contribution < -0.4 is 5.32 Å². The number of hydrogen-bond acceptors (Lipinski definition) is 6. The molecule has 0 amide bonds. The number of fused-ring (bicyclic) bond motifs is 2. The fraction of sp³-hybridized carbons (Fsp3) is 0.333. The second kappa shape index (κ2) is 6.38. The molecule has 1 atom stereocenters. The molecule has 0 spiro atoms. The van der Waals surface area contributed by atoms with Gasteiger partial charge in [0.1, 0.15) is 16.3 Å². The number of esters is 1. The minimum atomic E-state index is -0.339. The van der Waals surface area contributed by atoms with Gasteiger partial charge in [-0.05, 0) is 42.9 Å². The van der Waals surface area contributed by atoms with Gasteiger partial charge in [0, 0.05) is 4.88 Å². The van der Waals surface area contributed by atoms with Crippen LogP contribution in [0.25, 0.3) is 10.2 Å². The number of hydrogen-bond donors (Lipinski definition) is 1. The zero-order valence-corrected chi connectivity index (χ0v) is 15.5. The molecule has 1 aromatic carbocycles. The third kappa shape index (κ3) is 2.91. The Labute approximate surface area is 152 Å². The van der Waals surface area contributed by atoms with Crippen LogP contribution in [0.4, 0.5) is 14.5 Å². The molecule has 1 N–H and O–H groups in total. The quantitative estimate of drug-likeness (QED) is 0.642. The number of thiazole rings is 1. The smallest absolute Gasteiger partial charge is 0.341 e. The van der Waals surface area contributed by atoms with E-state index in [0.717, 1.165) is 34.5 Å². The van der Waals surface area contributed by atoms with Crippen molar-refractivity contribution in [3.63, 3.8) is 0 Å². The number of aromatic nitrogens is 1. The zero-order valence-electron chi connectivity index (χ0n) is 13.9. The molecule has 7 heteroatoms. The SMILES string of the molecule is COC(=O)c1c(Nc2nc3c(F)cccc3s2)sc2c1CCC(C)C2. The van der Waals surface area contributed by atoms with Gasteiger partial charge in [0.2, 0.25) is 0 Å². The molecule has 1 unspecified atom stereocenters. The minimum absolute atomic E-state index is 0.332. The Balaban J connectivity index is 1.76. The summed E-state index contributed by atoms with van der Waals surface area (Å²) in [6.07, 6.45) is 2.92. The van der Waals surface area contributed by atoms with Crippen LogP contribution in [-0.4, -0.2) is 18.1 Å². The first kappa shape index (κ1) is 16.5. The van der Waals surface area contributed by atoms with Crippen LogP contribution in [0.3, 0.4) is 0 Å². The summed E-state index contributed by atoms with van der Waals surface area (Å²) >= 11 is 2.95. The Hall–Kier alpha value is -1.99. The Kier molecular flexibility index (Phi) is 4.21. The van der Waals surface area contributed by atoms with Gasteiger partial charge in [-0.1, -0.05) is 24.3 Å². The lowest BCUT2D eigenvalue weighted by Crippen LogP contribution is -2.13. The summed E-state index contributed by atoms with van der Waals surface area (Å²) in [5, 5.41) is 4.56. The molecule has 4 rings (SSSR count). The number of carbonyl (C=O) groups excluding carboxylic acids is 1. The summed E-state index contributed by atoms with van der Waals surface area (Å²) < 4.78 is 19.6. The lowest BCUT2D eigenvalue weighted by atomic mass is 9.88. The summed E-state index contributed by atoms with van der Waals surface area (Å²) in [5.41, 5.74) is 2.04. The second-order valence-corrected chi connectivity index (χ2v) is 8.41. The van der Waals surface area contributed by atoms with E-state index in [2.05, 4.69) is 17.2 Å². The Morgan fingerprint density at radius 1 is 1.40 bits per heavy atom. The summed E-state index contributed by atoms with van der Waals surface area (Å²) in [6, 6.07) is 4.91. The standard InChI is InChI=1S/C18H17FN2O2S2/c1-9-6-7-10-13(8-9)24-16(14(10)17(22)23-2)21-18-20-15-11(19)4-3-5-12(15)25-18/h3-5,9H,6-8H2,1-2H3,(H,20,21). The largest absolute Gasteiger partial charge is 0.465 e. The van der Waals surface area contributed by atoms with E-state index in [4.69, 9.17) is 4.74 Å². The molecule has 2 heterocycles. The van der Waals surface area contributed by atoms with Crippen molar-refractivity contribution >= 4 is 49.0 Å². The molecule has 0 fully saturated rings. The molecular weight excluding hydrogens is 359 g/mol. The third-order valence-corrected chi connectivity index (χ3v) is 6.60. The first-order valence-corrected chi connectivity index (χ1v) is 9.75. The molecule has 0 bridgehead atoms. The highest BCUT2D eigenvalue weighted by atomic mass is 32.1. The topological polar surface area (TPSA) is 51.2 Å². The van der Waals surface area contributed by atoms with Crippen LogP contribution in [0.15, 0.2) is 18.2 Å². The van der Waals surface area contributed by atoms with Gasteiger partial charge in [-0.3, -0.25) is 0 Å². The van der Waals surface area contributed by atoms with E-state index >= 15 is 0 Å². The Morgan fingerprint density at radius 3 is 3.00 bits per heavy atom. The first-order chi connectivity index (χ1) is 12.1. The average Bonchev–Trinajstić information content (AvgIpc) is 3.15. The van der Waals surface area contributed by atoms with Crippen molar-refractivity contribution in [2.45, 2.75) is 26.2 Å². The number of carbonyl (C=O) groups is 1. The van der Waals surface area contributed by atoms with E-state index in [1.54, 1.807) is 17.4 Å². The van der Waals surface area contributed by atoms with Crippen LogP contribution in [0, 0.1) is 11.7 Å². The molecule has 0 saturated heterocycles. The maximum absolute atomic E-state index is 13.9. The number of halogens is 1. The number of methoxy groups -OCH3 is 1. The highest BCUT2D eigenvalue weighted by molar-refractivity contribution is 7.23. The third-order valence-electron chi connectivity index (χ3n) is 4.49. The van der Waals surface area contributed by atoms with Gasteiger partial charge in [0.25, 0.3) is 0 Å².